The van der Waals surface area contributed by atoms with Crippen molar-refractivity contribution in [2.24, 2.45) is 0 Å². The maximum atomic E-state index is 13.1. The van der Waals surface area contributed by atoms with Gasteiger partial charge in [0.25, 0.3) is 11.8 Å². The second kappa shape index (κ2) is 7.44. The van der Waals surface area contributed by atoms with Gasteiger partial charge in [-0.2, -0.15) is 0 Å². The standard InChI is InChI=1S/C24H23N3O3/c1-14-8-5-6-9-15(14)21-20-17(23(28)26-21)11-7-12-18(20)25-24(29)22-16-10-3-2-4-13-19(16)30-27-22/h5-9,11-12,21H,2-4,10,13H2,1H3,(H,25,29)(H,26,28). The van der Waals surface area contributed by atoms with Gasteiger partial charge in [-0.1, -0.05) is 41.9 Å². The maximum Gasteiger partial charge on any atom is 0.278 e. The zero-order valence-electron chi connectivity index (χ0n) is 16.8. The summed E-state index contributed by atoms with van der Waals surface area (Å²) in [4.78, 5) is 25.7. The van der Waals surface area contributed by atoms with E-state index in [0.717, 1.165) is 60.1 Å². The predicted molar refractivity (Wildman–Crippen MR) is 113 cm³/mol. The largest absolute Gasteiger partial charge is 0.360 e. The minimum atomic E-state index is -0.306. The molecular formula is C24H23N3O3. The van der Waals surface area contributed by atoms with Gasteiger partial charge in [-0.05, 0) is 49.4 Å². The summed E-state index contributed by atoms with van der Waals surface area (Å²) >= 11 is 0. The van der Waals surface area contributed by atoms with Gasteiger partial charge in [0, 0.05) is 28.8 Å². The molecule has 1 atom stereocenters. The second-order valence-electron chi connectivity index (χ2n) is 7.98. The fourth-order valence-electron chi connectivity index (χ4n) is 4.53. The molecule has 1 aliphatic heterocycles. The number of aromatic nitrogens is 1. The molecule has 0 fully saturated rings. The highest BCUT2D eigenvalue weighted by atomic mass is 16.5. The second-order valence-corrected chi connectivity index (χ2v) is 7.98. The van der Waals surface area contributed by atoms with Crippen LogP contribution in [0.2, 0.25) is 0 Å². The Kier molecular flexibility index (Phi) is 4.62. The van der Waals surface area contributed by atoms with E-state index in [9.17, 15) is 9.59 Å². The SMILES string of the molecule is Cc1ccccc1C1NC(=O)c2cccc(NC(=O)c3noc4c3CCCCC4)c21. The number of rotatable bonds is 3. The maximum absolute atomic E-state index is 13.1. The number of anilines is 1. The first-order valence-corrected chi connectivity index (χ1v) is 10.4. The summed E-state index contributed by atoms with van der Waals surface area (Å²) in [6.07, 6.45) is 4.85. The molecule has 2 aliphatic rings. The first-order chi connectivity index (χ1) is 14.6. The summed E-state index contributed by atoms with van der Waals surface area (Å²) in [5.41, 5.74) is 5.37. The van der Waals surface area contributed by atoms with Crippen molar-refractivity contribution >= 4 is 17.5 Å². The highest BCUT2D eigenvalue weighted by Crippen LogP contribution is 2.37. The summed E-state index contributed by atoms with van der Waals surface area (Å²) in [7, 11) is 0. The summed E-state index contributed by atoms with van der Waals surface area (Å²) in [5.74, 6) is 0.397. The van der Waals surface area contributed by atoms with Crippen molar-refractivity contribution in [2.75, 3.05) is 5.32 Å². The van der Waals surface area contributed by atoms with Crippen LogP contribution in [0.1, 0.15) is 74.2 Å². The van der Waals surface area contributed by atoms with E-state index < -0.39 is 0 Å². The van der Waals surface area contributed by atoms with Gasteiger partial charge in [-0.15, -0.1) is 0 Å². The number of aryl methyl sites for hydroxylation is 2. The molecule has 2 aromatic carbocycles. The van der Waals surface area contributed by atoms with Crippen LogP contribution < -0.4 is 10.6 Å². The Hall–Kier alpha value is -3.41. The normalized spacial score (nSPS) is 17.6. The third kappa shape index (κ3) is 3.09. The number of nitrogens with zero attached hydrogens (tertiary/aromatic N) is 1. The molecule has 3 aromatic rings. The third-order valence-corrected chi connectivity index (χ3v) is 6.08. The van der Waals surface area contributed by atoms with Crippen LogP contribution in [0.5, 0.6) is 0 Å². The fourth-order valence-corrected chi connectivity index (χ4v) is 4.53. The Morgan fingerprint density at radius 1 is 1.10 bits per heavy atom. The number of hydrogen-bond acceptors (Lipinski definition) is 4. The Morgan fingerprint density at radius 3 is 2.80 bits per heavy atom. The molecule has 0 spiro atoms. The van der Waals surface area contributed by atoms with Crippen molar-refractivity contribution in [3.8, 4) is 0 Å². The lowest BCUT2D eigenvalue weighted by molar-refractivity contribution is 0.0959. The van der Waals surface area contributed by atoms with Crippen LogP contribution in [0.25, 0.3) is 0 Å². The Bertz CT molecular complexity index is 1150. The summed E-state index contributed by atoms with van der Waals surface area (Å²) in [6.45, 7) is 2.02. The van der Waals surface area contributed by atoms with Crippen molar-refractivity contribution in [1.29, 1.82) is 0 Å². The number of fused-ring (bicyclic) bond motifs is 2. The molecule has 0 radical (unpaired) electrons. The number of carbonyl (C=O) groups excluding carboxylic acids is 2. The number of amides is 2. The molecule has 30 heavy (non-hydrogen) atoms. The Labute approximate surface area is 174 Å². The van der Waals surface area contributed by atoms with Crippen LogP contribution in [0, 0.1) is 6.92 Å². The highest BCUT2D eigenvalue weighted by Gasteiger charge is 2.33. The lowest BCUT2D eigenvalue weighted by Gasteiger charge is -2.18. The van der Waals surface area contributed by atoms with Crippen molar-refractivity contribution in [2.45, 2.75) is 45.1 Å². The number of benzene rings is 2. The van der Waals surface area contributed by atoms with Crippen LogP contribution in [0.3, 0.4) is 0 Å². The molecule has 6 nitrogen and oxygen atoms in total. The van der Waals surface area contributed by atoms with E-state index in [0.29, 0.717) is 16.9 Å². The van der Waals surface area contributed by atoms with E-state index >= 15 is 0 Å². The zero-order chi connectivity index (χ0) is 20.7. The van der Waals surface area contributed by atoms with Crippen LogP contribution in [0.15, 0.2) is 47.0 Å². The number of nitrogens with one attached hydrogen (secondary N) is 2. The third-order valence-electron chi connectivity index (χ3n) is 6.08. The molecule has 1 unspecified atom stereocenters. The lowest BCUT2D eigenvalue weighted by atomic mass is 9.93. The van der Waals surface area contributed by atoms with Gasteiger partial charge in [-0.3, -0.25) is 9.59 Å². The van der Waals surface area contributed by atoms with Gasteiger partial charge in [-0.25, -0.2) is 0 Å². The molecule has 2 heterocycles. The molecule has 0 bridgehead atoms. The first-order valence-electron chi connectivity index (χ1n) is 10.4. The van der Waals surface area contributed by atoms with E-state index in [4.69, 9.17) is 4.52 Å². The van der Waals surface area contributed by atoms with Gasteiger partial charge in [0.15, 0.2) is 5.69 Å². The molecule has 0 saturated carbocycles. The molecule has 2 amide bonds. The molecule has 152 valence electrons. The molecule has 0 saturated heterocycles. The van der Waals surface area contributed by atoms with Crippen LogP contribution >= 0.6 is 0 Å². The smallest absolute Gasteiger partial charge is 0.278 e. The highest BCUT2D eigenvalue weighted by molar-refractivity contribution is 6.07. The minimum Gasteiger partial charge on any atom is -0.360 e. The Balaban J connectivity index is 1.52. The average molecular weight is 401 g/mol. The van der Waals surface area contributed by atoms with Crippen molar-refractivity contribution in [1.82, 2.24) is 10.5 Å². The van der Waals surface area contributed by atoms with Gasteiger partial charge >= 0.3 is 0 Å². The topological polar surface area (TPSA) is 84.2 Å². The van der Waals surface area contributed by atoms with Gasteiger partial charge in [0.1, 0.15) is 5.76 Å². The number of carbonyl (C=O) groups is 2. The molecule has 1 aliphatic carbocycles. The van der Waals surface area contributed by atoms with E-state index in [-0.39, 0.29) is 17.9 Å². The monoisotopic (exact) mass is 401 g/mol. The zero-order valence-corrected chi connectivity index (χ0v) is 16.8. The van der Waals surface area contributed by atoms with Crippen LogP contribution in [-0.4, -0.2) is 17.0 Å². The average Bonchev–Trinajstić information content (AvgIpc) is 3.21. The predicted octanol–water partition coefficient (Wildman–Crippen LogP) is 4.34. The minimum absolute atomic E-state index is 0.135. The van der Waals surface area contributed by atoms with E-state index in [1.807, 2.05) is 37.3 Å². The van der Waals surface area contributed by atoms with Crippen LogP contribution in [-0.2, 0) is 12.8 Å². The van der Waals surface area contributed by atoms with E-state index in [2.05, 4.69) is 15.8 Å². The van der Waals surface area contributed by atoms with Crippen molar-refractivity contribution in [3.05, 3.63) is 81.7 Å². The molecule has 2 N–H and O–H groups in total. The molecule has 5 rings (SSSR count). The summed E-state index contributed by atoms with van der Waals surface area (Å²) in [6, 6.07) is 13.1. The summed E-state index contributed by atoms with van der Waals surface area (Å²) < 4.78 is 5.46. The fraction of sp³-hybridized carbons (Fsp3) is 0.292. The van der Waals surface area contributed by atoms with Gasteiger partial charge in [0.2, 0.25) is 0 Å². The van der Waals surface area contributed by atoms with Gasteiger partial charge in [0.05, 0.1) is 6.04 Å². The van der Waals surface area contributed by atoms with Crippen molar-refractivity contribution in [3.63, 3.8) is 0 Å². The molecule has 6 heteroatoms. The first kappa shape index (κ1) is 18.6. The van der Waals surface area contributed by atoms with Crippen LogP contribution in [0.4, 0.5) is 5.69 Å². The van der Waals surface area contributed by atoms with E-state index in [1.165, 1.54) is 0 Å². The quantitative estimate of drug-likeness (QED) is 0.640. The molecular weight excluding hydrogens is 378 g/mol. The number of hydrogen-bond donors (Lipinski definition) is 2. The van der Waals surface area contributed by atoms with Crippen molar-refractivity contribution < 1.29 is 14.1 Å². The van der Waals surface area contributed by atoms with E-state index in [1.54, 1.807) is 12.1 Å². The Morgan fingerprint density at radius 2 is 1.93 bits per heavy atom. The molecule has 1 aromatic heterocycles. The van der Waals surface area contributed by atoms with Gasteiger partial charge < -0.3 is 15.2 Å². The lowest BCUT2D eigenvalue weighted by Crippen LogP contribution is -2.21. The summed E-state index contributed by atoms with van der Waals surface area (Å²) in [5, 5.41) is 10.1.